The highest BCUT2D eigenvalue weighted by Gasteiger charge is 2.16. The summed E-state index contributed by atoms with van der Waals surface area (Å²) in [4.78, 5) is 0. The predicted octanol–water partition coefficient (Wildman–Crippen LogP) is 3.55. The third-order valence-corrected chi connectivity index (χ3v) is 3.25. The zero-order valence-electron chi connectivity index (χ0n) is 10.6. The van der Waals surface area contributed by atoms with Crippen LogP contribution in [0.5, 0.6) is 5.75 Å². The number of aromatic amines is 1. The summed E-state index contributed by atoms with van der Waals surface area (Å²) in [6.07, 6.45) is 0. The fourth-order valence-corrected chi connectivity index (χ4v) is 2.42. The van der Waals surface area contributed by atoms with Crippen molar-refractivity contribution < 1.29 is 4.74 Å². The van der Waals surface area contributed by atoms with Crippen molar-refractivity contribution in [1.29, 1.82) is 0 Å². The van der Waals surface area contributed by atoms with E-state index in [-0.39, 0.29) is 0 Å². The summed E-state index contributed by atoms with van der Waals surface area (Å²) >= 11 is 3.53. The Bertz CT molecular complexity index is 563. The van der Waals surface area contributed by atoms with Crippen LogP contribution in [0.1, 0.15) is 25.3 Å². The lowest BCUT2D eigenvalue weighted by atomic mass is 9.98. The number of anilines is 1. The van der Waals surface area contributed by atoms with E-state index in [4.69, 9.17) is 10.5 Å². The van der Waals surface area contributed by atoms with Gasteiger partial charge < -0.3 is 10.5 Å². The molecule has 1 heterocycles. The van der Waals surface area contributed by atoms with E-state index in [1.54, 1.807) is 13.2 Å². The Balaban J connectivity index is 2.65. The highest BCUT2D eigenvalue weighted by atomic mass is 79.9. The van der Waals surface area contributed by atoms with Gasteiger partial charge >= 0.3 is 0 Å². The number of benzene rings is 1. The Morgan fingerprint density at radius 1 is 1.33 bits per heavy atom. The second kappa shape index (κ2) is 5.02. The Morgan fingerprint density at radius 2 is 2.06 bits per heavy atom. The quantitative estimate of drug-likeness (QED) is 0.911. The van der Waals surface area contributed by atoms with Crippen LogP contribution in [-0.4, -0.2) is 17.3 Å². The van der Waals surface area contributed by atoms with Gasteiger partial charge in [0, 0.05) is 16.1 Å². The van der Waals surface area contributed by atoms with Crippen LogP contribution in [0, 0.1) is 0 Å². The second-order valence-electron chi connectivity index (χ2n) is 4.44. The predicted molar refractivity (Wildman–Crippen MR) is 76.8 cm³/mol. The van der Waals surface area contributed by atoms with Gasteiger partial charge in [-0.2, -0.15) is 5.10 Å². The Kier molecular flexibility index (Phi) is 3.61. The molecule has 2 aromatic rings. The smallest absolute Gasteiger partial charge is 0.145 e. The van der Waals surface area contributed by atoms with Crippen molar-refractivity contribution in [2.75, 3.05) is 12.8 Å². The minimum Gasteiger partial charge on any atom is -0.496 e. The van der Waals surface area contributed by atoms with Crippen LogP contribution >= 0.6 is 15.9 Å². The molecule has 3 N–H and O–H groups in total. The van der Waals surface area contributed by atoms with Gasteiger partial charge in [0.05, 0.1) is 12.8 Å². The summed E-state index contributed by atoms with van der Waals surface area (Å²) in [5.41, 5.74) is 8.61. The topological polar surface area (TPSA) is 63.9 Å². The molecule has 2 rings (SSSR count). The molecule has 0 saturated carbocycles. The Labute approximate surface area is 115 Å². The number of halogens is 1. The van der Waals surface area contributed by atoms with Crippen molar-refractivity contribution in [3.63, 3.8) is 0 Å². The number of nitrogen functional groups attached to an aromatic ring is 1. The Hall–Kier alpha value is -1.49. The van der Waals surface area contributed by atoms with Crippen molar-refractivity contribution in [3.05, 3.63) is 28.2 Å². The van der Waals surface area contributed by atoms with Crippen LogP contribution in [0.25, 0.3) is 11.3 Å². The first kappa shape index (κ1) is 13.0. The zero-order chi connectivity index (χ0) is 13.3. The zero-order valence-corrected chi connectivity index (χ0v) is 12.2. The van der Waals surface area contributed by atoms with Crippen LogP contribution in [0.4, 0.5) is 5.82 Å². The molecular weight excluding hydrogens is 294 g/mol. The third-order valence-electron chi connectivity index (χ3n) is 2.80. The summed E-state index contributed by atoms with van der Waals surface area (Å²) in [5.74, 6) is 1.70. The van der Waals surface area contributed by atoms with Gasteiger partial charge in [-0.05, 0) is 23.6 Å². The van der Waals surface area contributed by atoms with Crippen LogP contribution < -0.4 is 10.5 Å². The van der Waals surface area contributed by atoms with Crippen molar-refractivity contribution in [1.82, 2.24) is 10.2 Å². The van der Waals surface area contributed by atoms with Gasteiger partial charge in [0.1, 0.15) is 11.6 Å². The molecule has 0 atom stereocenters. The van der Waals surface area contributed by atoms with Crippen molar-refractivity contribution in [2.45, 2.75) is 19.8 Å². The maximum Gasteiger partial charge on any atom is 0.145 e. The van der Waals surface area contributed by atoms with E-state index in [9.17, 15) is 0 Å². The molecule has 0 bridgehead atoms. The van der Waals surface area contributed by atoms with E-state index in [1.807, 2.05) is 6.07 Å². The number of methoxy groups -OCH3 is 1. The lowest BCUT2D eigenvalue weighted by Gasteiger charge is -2.16. The number of nitrogens with zero attached hydrogens (tertiary/aromatic N) is 1. The molecule has 0 saturated heterocycles. The standard InChI is InChI=1S/C13H16BrN3O/c1-7(2)9-4-8(14)5-10(13(9)18-3)11-6-12(15)17-16-11/h4-7H,1-3H3,(H3,15,16,17). The van der Waals surface area contributed by atoms with Crippen LogP contribution in [0.3, 0.4) is 0 Å². The first-order valence-corrected chi connectivity index (χ1v) is 6.51. The summed E-state index contributed by atoms with van der Waals surface area (Å²) in [5, 5.41) is 6.87. The molecule has 0 fully saturated rings. The van der Waals surface area contributed by atoms with Crippen molar-refractivity contribution >= 4 is 21.7 Å². The Morgan fingerprint density at radius 3 is 2.56 bits per heavy atom. The molecule has 0 amide bonds. The lowest BCUT2D eigenvalue weighted by molar-refractivity contribution is 0.409. The average Bonchev–Trinajstić information content (AvgIpc) is 2.74. The fraction of sp³-hybridized carbons (Fsp3) is 0.308. The van der Waals surface area contributed by atoms with E-state index >= 15 is 0 Å². The number of H-pyrrole nitrogens is 1. The van der Waals surface area contributed by atoms with Crippen molar-refractivity contribution in [2.24, 2.45) is 0 Å². The SMILES string of the molecule is COc1c(-c2cc(N)n[nH]2)cc(Br)cc1C(C)C. The molecule has 0 unspecified atom stereocenters. The highest BCUT2D eigenvalue weighted by Crippen LogP contribution is 2.38. The molecule has 0 aliphatic heterocycles. The first-order chi connectivity index (χ1) is 8.52. The number of hydrogen-bond donors (Lipinski definition) is 2. The van der Waals surface area contributed by atoms with Crippen molar-refractivity contribution in [3.8, 4) is 17.0 Å². The minimum absolute atomic E-state index is 0.372. The summed E-state index contributed by atoms with van der Waals surface area (Å²) in [7, 11) is 1.68. The largest absolute Gasteiger partial charge is 0.496 e. The molecule has 5 heteroatoms. The lowest BCUT2D eigenvalue weighted by Crippen LogP contribution is -1.97. The monoisotopic (exact) mass is 309 g/mol. The van der Waals surface area contributed by atoms with E-state index in [0.717, 1.165) is 27.0 Å². The van der Waals surface area contributed by atoms with E-state index in [2.05, 4.69) is 46.0 Å². The maximum absolute atomic E-state index is 5.65. The van der Waals surface area contributed by atoms with Gasteiger partial charge in [0.2, 0.25) is 0 Å². The molecule has 96 valence electrons. The minimum atomic E-state index is 0.372. The van der Waals surface area contributed by atoms with Gasteiger partial charge in [0.25, 0.3) is 0 Å². The van der Waals surface area contributed by atoms with Gasteiger partial charge in [-0.3, -0.25) is 5.10 Å². The normalized spacial score (nSPS) is 10.9. The molecule has 18 heavy (non-hydrogen) atoms. The fourth-order valence-electron chi connectivity index (χ4n) is 1.95. The molecule has 4 nitrogen and oxygen atoms in total. The summed E-state index contributed by atoms with van der Waals surface area (Å²) < 4.78 is 6.56. The molecule has 0 spiro atoms. The third kappa shape index (κ3) is 2.36. The summed E-state index contributed by atoms with van der Waals surface area (Å²) in [6.45, 7) is 4.27. The van der Waals surface area contributed by atoms with Crippen LogP contribution in [0.15, 0.2) is 22.7 Å². The number of hydrogen-bond acceptors (Lipinski definition) is 3. The number of aromatic nitrogens is 2. The molecule has 1 aromatic carbocycles. The molecule has 1 aromatic heterocycles. The van der Waals surface area contributed by atoms with Gasteiger partial charge in [-0.25, -0.2) is 0 Å². The van der Waals surface area contributed by atoms with E-state index in [1.165, 1.54) is 0 Å². The molecule has 0 radical (unpaired) electrons. The molecule has 0 aliphatic rings. The van der Waals surface area contributed by atoms with E-state index < -0.39 is 0 Å². The van der Waals surface area contributed by atoms with Gasteiger partial charge in [0.15, 0.2) is 0 Å². The van der Waals surface area contributed by atoms with Gasteiger partial charge in [-0.1, -0.05) is 29.8 Å². The van der Waals surface area contributed by atoms with Crippen LogP contribution in [-0.2, 0) is 0 Å². The number of nitrogens with two attached hydrogens (primary N) is 1. The average molecular weight is 310 g/mol. The van der Waals surface area contributed by atoms with E-state index in [0.29, 0.717) is 11.7 Å². The second-order valence-corrected chi connectivity index (χ2v) is 5.35. The highest BCUT2D eigenvalue weighted by molar-refractivity contribution is 9.10. The first-order valence-electron chi connectivity index (χ1n) is 5.71. The molecular formula is C13H16BrN3O. The summed E-state index contributed by atoms with van der Waals surface area (Å²) in [6, 6.07) is 5.87. The number of ether oxygens (including phenoxy) is 1. The number of rotatable bonds is 3. The van der Waals surface area contributed by atoms with Crippen LogP contribution in [0.2, 0.25) is 0 Å². The number of nitrogens with one attached hydrogen (secondary N) is 1. The molecule has 0 aliphatic carbocycles. The van der Waals surface area contributed by atoms with Gasteiger partial charge in [-0.15, -0.1) is 0 Å². The maximum atomic E-state index is 5.65.